The first-order chi connectivity index (χ1) is 7.59. The van der Waals surface area contributed by atoms with E-state index in [0.717, 1.165) is 18.7 Å². The average Bonchev–Trinajstić information content (AvgIpc) is 2.86. The van der Waals surface area contributed by atoms with Crippen LogP contribution in [0.15, 0.2) is 6.07 Å². The van der Waals surface area contributed by atoms with E-state index in [4.69, 9.17) is 0 Å². The van der Waals surface area contributed by atoms with Crippen LogP contribution in [0.2, 0.25) is 0 Å². The van der Waals surface area contributed by atoms with Gasteiger partial charge >= 0.3 is 0 Å². The van der Waals surface area contributed by atoms with Crippen molar-refractivity contribution in [2.24, 2.45) is 0 Å². The summed E-state index contributed by atoms with van der Waals surface area (Å²) in [6.07, 6.45) is 2.37. The first-order valence-corrected chi connectivity index (χ1v) is 5.91. The van der Waals surface area contributed by atoms with E-state index in [9.17, 15) is 4.79 Å². The third-order valence-corrected chi connectivity index (χ3v) is 3.27. The van der Waals surface area contributed by atoms with Crippen LogP contribution < -0.4 is 0 Å². The van der Waals surface area contributed by atoms with Crippen LogP contribution in [0.3, 0.4) is 0 Å². The van der Waals surface area contributed by atoms with Gasteiger partial charge in [-0.3, -0.25) is 14.8 Å². The van der Waals surface area contributed by atoms with Crippen molar-refractivity contribution in [3.05, 3.63) is 17.5 Å². The minimum Gasteiger partial charge on any atom is -0.293 e. The molecular weight excluding hydrogens is 202 g/mol. The number of aromatic nitrogens is 2. The molecule has 1 saturated heterocycles. The second kappa shape index (κ2) is 4.37. The van der Waals surface area contributed by atoms with Crippen molar-refractivity contribution in [3.63, 3.8) is 0 Å². The Morgan fingerprint density at radius 2 is 2.38 bits per heavy atom. The average molecular weight is 221 g/mol. The Kier molecular flexibility index (Phi) is 3.10. The predicted octanol–water partition coefficient (Wildman–Crippen LogP) is 2.16. The number of likely N-dealkylation sites (tertiary alicyclic amines) is 1. The number of hydrogen-bond acceptors (Lipinski definition) is 3. The Labute approximate surface area is 96.0 Å². The zero-order chi connectivity index (χ0) is 11.7. The van der Waals surface area contributed by atoms with Crippen LogP contribution in [0.1, 0.15) is 55.8 Å². The van der Waals surface area contributed by atoms with E-state index in [1.54, 1.807) is 6.92 Å². The highest BCUT2D eigenvalue weighted by Gasteiger charge is 2.29. The highest BCUT2D eigenvalue weighted by molar-refractivity contribution is 5.92. The van der Waals surface area contributed by atoms with Gasteiger partial charge in [-0.2, -0.15) is 5.10 Å². The van der Waals surface area contributed by atoms with Gasteiger partial charge in [0.2, 0.25) is 0 Å². The largest absolute Gasteiger partial charge is 0.293 e. The summed E-state index contributed by atoms with van der Waals surface area (Å²) in [6, 6.07) is 2.84. The lowest BCUT2D eigenvalue weighted by molar-refractivity contribution is 0.101. The maximum absolute atomic E-state index is 11.2. The number of H-pyrrole nitrogens is 1. The molecule has 88 valence electrons. The summed E-state index contributed by atoms with van der Waals surface area (Å²) < 4.78 is 0. The summed E-state index contributed by atoms with van der Waals surface area (Å²) in [6.45, 7) is 7.10. The molecule has 1 fully saturated rings. The van der Waals surface area contributed by atoms with Crippen molar-refractivity contribution in [1.82, 2.24) is 15.1 Å². The van der Waals surface area contributed by atoms with Gasteiger partial charge in [-0.1, -0.05) is 0 Å². The second-order valence-electron chi connectivity index (χ2n) is 4.75. The summed E-state index contributed by atoms with van der Waals surface area (Å²) in [4.78, 5) is 13.6. The number of carbonyl (C=O) groups excluding carboxylic acids is 1. The molecule has 1 aromatic rings. The zero-order valence-electron chi connectivity index (χ0n) is 10.2. The van der Waals surface area contributed by atoms with E-state index in [1.807, 2.05) is 6.07 Å². The second-order valence-corrected chi connectivity index (χ2v) is 4.75. The third-order valence-electron chi connectivity index (χ3n) is 3.27. The van der Waals surface area contributed by atoms with Crippen molar-refractivity contribution in [3.8, 4) is 0 Å². The van der Waals surface area contributed by atoms with E-state index < -0.39 is 0 Å². The summed E-state index contributed by atoms with van der Waals surface area (Å²) in [5.74, 6) is 0.0246. The van der Waals surface area contributed by atoms with E-state index in [2.05, 4.69) is 28.9 Å². The lowest BCUT2D eigenvalue weighted by Gasteiger charge is -2.27. The number of nitrogens with zero attached hydrogens (tertiary/aromatic N) is 2. The quantitative estimate of drug-likeness (QED) is 0.796. The summed E-state index contributed by atoms with van der Waals surface area (Å²) in [5.41, 5.74) is 1.63. The topological polar surface area (TPSA) is 49.0 Å². The van der Waals surface area contributed by atoms with Gasteiger partial charge < -0.3 is 0 Å². The summed E-state index contributed by atoms with van der Waals surface area (Å²) in [5, 5.41) is 7.05. The first kappa shape index (κ1) is 11.3. The molecule has 0 bridgehead atoms. The minimum atomic E-state index is 0.0246. The van der Waals surface area contributed by atoms with Crippen LogP contribution in [0, 0.1) is 0 Å². The third kappa shape index (κ3) is 2.02. The number of hydrogen-bond donors (Lipinski definition) is 1. The predicted molar refractivity (Wildman–Crippen MR) is 62.4 cm³/mol. The van der Waals surface area contributed by atoms with Gasteiger partial charge in [0, 0.05) is 13.0 Å². The molecule has 1 aromatic heterocycles. The van der Waals surface area contributed by atoms with Crippen molar-refractivity contribution < 1.29 is 4.79 Å². The normalized spacial score (nSPS) is 21.9. The van der Waals surface area contributed by atoms with Gasteiger partial charge in [-0.25, -0.2) is 0 Å². The van der Waals surface area contributed by atoms with Gasteiger partial charge in [0.25, 0.3) is 0 Å². The molecule has 0 aromatic carbocycles. The Balaban J connectivity index is 2.19. The number of Topliss-reactive ketones (excluding diaryl/α,β-unsaturated/α-hetero) is 1. The standard InChI is InChI=1S/C12H19N3O/c1-8(2)15-6-4-5-12(15)11-7-10(9(3)16)13-14-11/h7-8,12H,4-6H2,1-3H3,(H,13,14). The number of ketones is 1. The van der Waals surface area contributed by atoms with Crippen LogP contribution >= 0.6 is 0 Å². The molecule has 1 aliphatic rings. The molecule has 1 atom stereocenters. The molecule has 2 heterocycles. The minimum absolute atomic E-state index is 0.0246. The number of aromatic amines is 1. The fraction of sp³-hybridized carbons (Fsp3) is 0.667. The Morgan fingerprint density at radius 1 is 1.62 bits per heavy atom. The van der Waals surface area contributed by atoms with Crippen molar-refractivity contribution in [1.29, 1.82) is 0 Å². The van der Waals surface area contributed by atoms with Crippen LogP contribution in [-0.4, -0.2) is 33.5 Å². The van der Waals surface area contributed by atoms with Crippen LogP contribution in [-0.2, 0) is 0 Å². The monoisotopic (exact) mass is 221 g/mol. The fourth-order valence-corrected chi connectivity index (χ4v) is 2.43. The van der Waals surface area contributed by atoms with Crippen LogP contribution in [0.25, 0.3) is 0 Å². The van der Waals surface area contributed by atoms with E-state index in [1.165, 1.54) is 6.42 Å². The molecule has 1 N–H and O–H groups in total. The maximum atomic E-state index is 11.2. The fourth-order valence-electron chi connectivity index (χ4n) is 2.43. The van der Waals surface area contributed by atoms with E-state index in [0.29, 0.717) is 17.8 Å². The van der Waals surface area contributed by atoms with Crippen molar-refractivity contribution in [2.75, 3.05) is 6.54 Å². The lowest BCUT2D eigenvalue weighted by atomic mass is 10.1. The van der Waals surface area contributed by atoms with Crippen LogP contribution in [0.5, 0.6) is 0 Å². The number of rotatable bonds is 3. The molecule has 4 heteroatoms. The molecular formula is C12H19N3O. The highest BCUT2D eigenvalue weighted by Crippen LogP contribution is 2.32. The van der Waals surface area contributed by atoms with Crippen molar-refractivity contribution in [2.45, 2.75) is 45.7 Å². The molecule has 0 spiro atoms. The number of carbonyl (C=O) groups is 1. The summed E-state index contributed by atoms with van der Waals surface area (Å²) in [7, 11) is 0. The number of nitrogens with one attached hydrogen (secondary N) is 1. The van der Waals surface area contributed by atoms with Gasteiger partial charge in [-0.05, 0) is 39.3 Å². The molecule has 2 rings (SSSR count). The lowest BCUT2D eigenvalue weighted by Crippen LogP contribution is -2.30. The van der Waals surface area contributed by atoms with Gasteiger partial charge in [0.1, 0.15) is 5.69 Å². The molecule has 0 saturated carbocycles. The molecule has 4 nitrogen and oxygen atoms in total. The molecule has 16 heavy (non-hydrogen) atoms. The Morgan fingerprint density at radius 3 is 2.94 bits per heavy atom. The Hall–Kier alpha value is -1.16. The van der Waals surface area contributed by atoms with E-state index >= 15 is 0 Å². The van der Waals surface area contributed by atoms with Crippen molar-refractivity contribution >= 4 is 5.78 Å². The molecule has 0 aliphatic carbocycles. The van der Waals surface area contributed by atoms with E-state index in [-0.39, 0.29) is 5.78 Å². The molecule has 1 aliphatic heterocycles. The SMILES string of the molecule is CC(=O)c1cc(C2CCCN2C(C)C)[nH]n1. The molecule has 1 unspecified atom stereocenters. The highest BCUT2D eigenvalue weighted by atomic mass is 16.1. The first-order valence-electron chi connectivity index (χ1n) is 5.91. The smallest absolute Gasteiger partial charge is 0.179 e. The van der Waals surface area contributed by atoms with Gasteiger partial charge in [0.15, 0.2) is 5.78 Å². The molecule has 0 amide bonds. The maximum Gasteiger partial charge on any atom is 0.179 e. The molecule has 0 radical (unpaired) electrons. The Bertz CT molecular complexity index is 383. The zero-order valence-corrected chi connectivity index (χ0v) is 10.2. The van der Waals surface area contributed by atoms with Crippen LogP contribution in [0.4, 0.5) is 0 Å². The van der Waals surface area contributed by atoms with Gasteiger partial charge in [-0.15, -0.1) is 0 Å². The summed E-state index contributed by atoms with van der Waals surface area (Å²) >= 11 is 0. The van der Waals surface area contributed by atoms with Gasteiger partial charge in [0.05, 0.1) is 11.7 Å².